The van der Waals surface area contributed by atoms with Crippen LogP contribution in [0.15, 0.2) is 0 Å². The Hall–Kier alpha value is -0.710. The van der Waals surface area contributed by atoms with Crippen LogP contribution in [-0.4, -0.2) is 42.5 Å². The second-order valence-corrected chi connectivity index (χ2v) is 5.68. The summed E-state index contributed by atoms with van der Waals surface area (Å²) in [6.45, 7) is 1.25. The van der Waals surface area contributed by atoms with Gasteiger partial charge in [-0.2, -0.15) is 0 Å². The Balaban J connectivity index is 3.67. The van der Waals surface area contributed by atoms with Crippen molar-refractivity contribution in [3.05, 3.63) is 0 Å². The van der Waals surface area contributed by atoms with Crippen molar-refractivity contribution in [3.63, 3.8) is 0 Å². The quantitative estimate of drug-likeness (QED) is 0.391. The van der Waals surface area contributed by atoms with Crippen LogP contribution >= 0.6 is 7.37 Å². The van der Waals surface area contributed by atoms with E-state index in [0.717, 1.165) is 0 Å². The van der Waals surface area contributed by atoms with Crippen LogP contribution in [0.2, 0.25) is 0 Å². The van der Waals surface area contributed by atoms with Gasteiger partial charge in [0, 0.05) is 25.8 Å². The van der Waals surface area contributed by atoms with Crippen LogP contribution in [0.1, 0.15) is 6.42 Å². The molecular weight excluding hydrogens is 207 g/mol. The molecule has 0 radical (unpaired) electrons. The minimum absolute atomic E-state index is 0.0319. The molecule has 2 atom stereocenters. The highest BCUT2D eigenvalue weighted by Crippen LogP contribution is 2.35. The molecule has 0 fully saturated rings. The van der Waals surface area contributed by atoms with Gasteiger partial charge in [-0.05, 0) is 0 Å². The third kappa shape index (κ3) is 7.91. The van der Waals surface area contributed by atoms with Crippen molar-refractivity contribution in [1.82, 2.24) is 5.32 Å². The zero-order valence-electron chi connectivity index (χ0n) is 7.97. The lowest BCUT2D eigenvalue weighted by molar-refractivity contribution is -0.120. The molecule has 0 aromatic rings. The van der Waals surface area contributed by atoms with E-state index in [1.54, 1.807) is 0 Å². The van der Waals surface area contributed by atoms with Gasteiger partial charge in [-0.1, -0.05) is 0 Å². The zero-order chi connectivity index (χ0) is 11.2. The number of hydrogen-bond acceptors (Lipinski definition) is 4. The van der Waals surface area contributed by atoms with Gasteiger partial charge in [0.15, 0.2) is 7.37 Å². The maximum Gasteiger partial charge on any atom is 0.220 e. The van der Waals surface area contributed by atoms with Gasteiger partial charge >= 0.3 is 0 Å². The molecule has 14 heavy (non-hydrogen) atoms. The first-order chi connectivity index (χ1) is 6.35. The highest BCUT2D eigenvalue weighted by Gasteiger charge is 2.12. The van der Waals surface area contributed by atoms with Crippen molar-refractivity contribution < 1.29 is 19.0 Å². The number of nitrogens with one attached hydrogen (secondary N) is 1. The molecule has 0 aliphatic carbocycles. The molecule has 7 heteroatoms. The van der Waals surface area contributed by atoms with Crippen LogP contribution in [0.5, 0.6) is 0 Å². The summed E-state index contributed by atoms with van der Waals surface area (Å²) in [5.41, 5.74) is 5.22. The van der Waals surface area contributed by atoms with Crippen molar-refractivity contribution in [1.29, 1.82) is 0 Å². The summed E-state index contributed by atoms with van der Waals surface area (Å²) >= 11 is 0. The molecule has 0 saturated carbocycles. The maximum absolute atomic E-state index is 11.0. The third-order valence-electron chi connectivity index (χ3n) is 1.46. The fraction of sp³-hybridized carbons (Fsp3) is 0.714. The van der Waals surface area contributed by atoms with E-state index in [1.807, 2.05) is 0 Å². The maximum atomic E-state index is 11.0. The number of hydrogen-bond donors (Lipinski definition) is 3. The van der Waals surface area contributed by atoms with Crippen molar-refractivity contribution in [2.75, 3.05) is 19.4 Å². The van der Waals surface area contributed by atoms with Crippen LogP contribution < -0.4 is 11.1 Å². The van der Waals surface area contributed by atoms with Crippen LogP contribution in [0.3, 0.4) is 0 Å². The molecule has 4 N–H and O–H groups in total. The highest BCUT2D eigenvalue weighted by atomic mass is 31.2. The molecule has 0 heterocycles. The van der Waals surface area contributed by atoms with Gasteiger partial charge in [-0.3, -0.25) is 9.36 Å². The van der Waals surface area contributed by atoms with Crippen molar-refractivity contribution in [2.24, 2.45) is 5.73 Å². The standard InChI is InChI=1S/C7H15N2O4P/c1-14(12,13)3-2-7(11)9-4-6(8)5-10/h5-6H,2-4,8H2,1H3,(H,9,11)(H,12,13). The summed E-state index contributed by atoms with van der Waals surface area (Å²) in [7, 11) is -3.14. The lowest BCUT2D eigenvalue weighted by Gasteiger charge is -2.07. The van der Waals surface area contributed by atoms with Crippen molar-refractivity contribution in [2.45, 2.75) is 12.5 Å². The van der Waals surface area contributed by atoms with Crippen LogP contribution in [0.25, 0.3) is 0 Å². The highest BCUT2D eigenvalue weighted by molar-refractivity contribution is 7.57. The van der Waals surface area contributed by atoms with Crippen LogP contribution in [-0.2, 0) is 14.2 Å². The molecule has 6 nitrogen and oxygen atoms in total. The SMILES string of the molecule is CP(=O)(O)CCC(=O)NCC(N)C=O. The summed E-state index contributed by atoms with van der Waals surface area (Å²) in [5.74, 6) is -0.376. The monoisotopic (exact) mass is 222 g/mol. The molecule has 0 aliphatic rings. The van der Waals surface area contributed by atoms with E-state index in [2.05, 4.69) is 5.32 Å². The lowest BCUT2D eigenvalue weighted by Crippen LogP contribution is -2.38. The Labute approximate surface area is 82.3 Å². The Kier molecular flexibility index (Phi) is 5.60. The van der Waals surface area contributed by atoms with Gasteiger partial charge in [-0.25, -0.2) is 0 Å². The third-order valence-corrected chi connectivity index (χ3v) is 2.52. The lowest BCUT2D eigenvalue weighted by atomic mass is 10.3. The van der Waals surface area contributed by atoms with Gasteiger partial charge in [-0.15, -0.1) is 0 Å². The van der Waals surface area contributed by atoms with Gasteiger partial charge in [0.05, 0.1) is 6.04 Å². The smallest absolute Gasteiger partial charge is 0.220 e. The Morgan fingerprint density at radius 3 is 2.71 bits per heavy atom. The fourth-order valence-corrected chi connectivity index (χ4v) is 1.30. The summed E-state index contributed by atoms with van der Waals surface area (Å²) in [4.78, 5) is 30.0. The number of aldehydes is 1. The molecule has 0 aromatic carbocycles. The molecule has 0 bridgehead atoms. The predicted molar refractivity (Wildman–Crippen MR) is 52.3 cm³/mol. The molecule has 82 valence electrons. The first-order valence-electron chi connectivity index (χ1n) is 4.12. The normalized spacial score (nSPS) is 16.8. The Morgan fingerprint density at radius 1 is 1.71 bits per heavy atom. The average Bonchev–Trinajstić information content (AvgIpc) is 2.09. The van der Waals surface area contributed by atoms with E-state index in [-0.39, 0.29) is 25.0 Å². The molecule has 0 spiro atoms. The minimum atomic E-state index is -3.14. The second kappa shape index (κ2) is 5.90. The van der Waals surface area contributed by atoms with Crippen LogP contribution in [0.4, 0.5) is 0 Å². The molecule has 2 unspecified atom stereocenters. The van der Waals surface area contributed by atoms with Crippen LogP contribution in [0, 0.1) is 0 Å². The first kappa shape index (κ1) is 13.3. The largest absolute Gasteiger partial charge is 0.354 e. The number of amides is 1. The first-order valence-corrected chi connectivity index (χ1v) is 6.41. The topological polar surface area (TPSA) is 109 Å². The second-order valence-electron chi connectivity index (χ2n) is 3.13. The van der Waals surface area contributed by atoms with Crippen molar-refractivity contribution >= 4 is 19.6 Å². The van der Waals surface area contributed by atoms with E-state index >= 15 is 0 Å². The van der Waals surface area contributed by atoms with E-state index in [4.69, 9.17) is 10.6 Å². The molecule has 0 aromatic heterocycles. The number of rotatable bonds is 6. The Morgan fingerprint density at radius 2 is 2.29 bits per heavy atom. The van der Waals surface area contributed by atoms with Crippen molar-refractivity contribution in [3.8, 4) is 0 Å². The van der Waals surface area contributed by atoms with E-state index in [1.165, 1.54) is 6.66 Å². The summed E-state index contributed by atoms with van der Waals surface area (Å²) < 4.78 is 10.8. The van der Waals surface area contributed by atoms with E-state index in [9.17, 15) is 14.2 Å². The van der Waals surface area contributed by atoms with Gasteiger partial charge in [0.25, 0.3) is 0 Å². The summed E-state index contributed by atoms with van der Waals surface area (Å²) in [5, 5.41) is 2.38. The number of carbonyl (C=O) groups is 2. The zero-order valence-corrected chi connectivity index (χ0v) is 8.87. The average molecular weight is 222 g/mol. The molecule has 0 rings (SSSR count). The van der Waals surface area contributed by atoms with E-state index in [0.29, 0.717) is 6.29 Å². The summed E-state index contributed by atoms with van der Waals surface area (Å²) in [6, 6.07) is -0.721. The minimum Gasteiger partial charge on any atom is -0.354 e. The van der Waals surface area contributed by atoms with Gasteiger partial charge in [0.1, 0.15) is 6.29 Å². The van der Waals surface area contributed by atoms with Gasteiger partial charge < -0.3 is 20.7 Å². The molecule has 0 saturated heterocycles. The molecular formula is C7H15N2O4P. The number of nitrogens with two attached hydrogens (primary N) is 1. The number of carbonyl (C=O) groups excluding carboxylic acids is 2. The Bertz CT molecular complexity index is 250. The molecule has 1 amide bonds. The summed E-state index contributed by atoms with van der Waals surface area (Å²) in [6.07, 6.45) is 0.433. The fourth-order valence-electron chi connectivity index (χ4n) is 0.677. The van der Waals surface area contributed by atoms with E-state index < -0.39 is 13.4 Å². The predicted octanol–water partition coefficient (Wildman–Crippen LogP) is -1.08. The van der Waals surface area contributed by atoms with Gasteiger partial charge in [0.2, 0.25) is 5.91 Å². The molecule has 0 aliphatic heterocycles.